The molecule has 1 atom stereocenters. The van der Waals surface area contributed by atoms with E-state index in [0.717, 1.165) is 13.1 Å². The van der Waals surface area contributed by atoms with Crippen molar-refractivity contribution in [2.75, 3.05) is 13.1 Å². The molecule has 0 aromatic heterocycles. The number of hydrogen-bond acceptors (Lipinski definition) is 1. The molecule has 0 radical (unpaired) electrons. The molecule has 1 aliphatic heterocycles. The lowest BCUT2D eigenvalue weighted by Gasteiger charge is -2.26. The maximum absolute atomic E-state index is 3.48. The molecule has 1 nitrogen and oxygen atoms in total. The third kappa shape index (κ3) is 1.69. The SMILES string of the molecule is Cc1cccc(C2CNCC2(C)C)c1. The highest BCUT2D eigenvalue weighted by Crippen LogP contribution is 2.38. The zero-order valence-corrected chi connectivity index (χ0v) is 9.30. The van der Waals surface area contributed by atoms with Gasteiger partial charge in [-0.1, -0.05) is 43.7 Å². The molecule has 1 aromatic carbocycles. The van der Waals surface area contributed by atoms with E-state index in [2.05, 4.69) is 50.4 Å². The van der Waals surface area contributed by atoms with Crippen LogP contribution in [0.5, 0.6) is 0 Å². The molecule has 2 rings (SSSR count). The quantitative estimate of drug-likeness (QED) is 0.716. The second-order valence-corrected chi connectivity index (χ2v) is 5.09. The lowest BCUT2D eigenvalue weighted by atomic mass is 9.77. The Hall–Kier alpha value is -0.820. The lowest BCUT2D eigenvalue weighted by molar-refractivity contribution is 0.363. The average molecular weight is 189 g/mol. The first-order chi connectivity index (χ1) is 6.59. The Kier molecular flexibility index (Phi) is 2.36. The molecule has 0 aliphatic carbocycles. The molecule has 0 bridgehead atoms. The van der Waals surface area contributed by atoms with Gasteiger partial charge in [0, 0.05) is 19.0 Å². The van der Waals surface area contributed by atoms with E-state index in [1.807, 2.05) is 0 Å². The van der Waals surface area contributed by atoms with Crippen molar-refractivity contribution in [3.63, 3.8) is 0 Å². The smallest absolute Gasteiger partial charge is 0.00268 e. The fourth-order valence-electron chi connectivity index (χ4n) is 2.39. The maximum atomic E-state index is 3.48. The summed E-state index contributed by atoms with van der Waals surface area (Å²) >= 11 is 0. The van der Waals surface area contributed by atoms with E-state index in [9.17, 15) is 0 Å². The van der Waals surface area contributed by atoms with Crippen molar-refractivity contribution in [3.8, 4) is 0 Å². The highest BCUT2D eigenvalue weighted by Gasteiger charge is 2.35. The molecular formula is C13H19N. The van der Waals surface area contributed by atoms with Crippen molar-refractivity contribution in [2.24, 2.45) is 5.41 Å². The molecule has 1 heteroatoms. The lowest BCUT2D eigenvalue weighted by Crippen LogP contribution is -2.20. The monoisotopic (exact) mass is 189 g/mol. The Balaban J connectivity index is 2.31. The first kappa shape index (κ1) is 9.72. The zero-order chi connectivity index (χ0) is 10.2. The van der Waals surface area contributed by atoms with E-state index in [0.29, 0.717) is 11.3 Å². The minimum atomic E-state index is 0.397. The van der Waals surface area contributed by atoms with Crippen LogP contribution in [0.2, 0.25) is 0 Å². The molecule has 0 spiro atoms. The van der Waals surface area contributed by atoms with Crippen LogP contribution in [-0.2, 0) is 0 Å². The third-order valence-electron chi connectivity index (χ3n) is 3.32. The van der Waals surface area contributed by atoms with Crippen LogP contribution in [0.1, 0.15) is 30.9 Å². The predicted molar refractivity (Wildman–Crippen MR) is 60.6 cm³/mol. The summed E-state index contributed by atoms with van der Waals surface area (Å²) in [6.07, 6.45) is 0. The average Bonchev–Trinajstić information content (AvgIpc) is 2.45. The Morgan fingerprint density at radius 3 is 2.71 bits per heavy atom. The van der Waals surface area contributed by atoms with E-state index in [-0.39, 0.29) is 0 Å². The highest BCUT2D eigenvalue weighted by molar-refractivity contribution is 5.28. The van der Waals surface area contributed by atoms with Crippen LogP contribution in [0.15, 0.2) is 24.3 Å². The van der Waals surface area contributed by atoms with Crippen molar-refractivity contribution >= 4 is 0 Å². The van der Waals surface area contributed by atoms with Crippen molar-refractivity contribution in [2.45, 2.75) is 26.7 Å². The van der Waals surface area contributed by atoms with Crippen molar-refractivity contribution in [3.05, 3.63) is 35.4 Å². The van der Waals surface area contributed by atoms with Gasteiger partial charge in [-0.2, -0.15) is 0 Å². The Labute approximate surface area is 86.5 Å². The van der Waals surface area contributed by atoms with Gasteiger partial charge in [0.2, 0.25) is 0 Å². The van der Waals surface area contributed by atoms with Crippen LogP contribution in [0.3, 0.4) is 0 Å². The second-order valence-electron chi connectivity index (χ2n) is 5.09. The fourth-order valence-corrected chi connectivity index (χ4v) is 2.39. The Morgan fingerprint density at radius 1 is 1.36 bits per heavy atom. The van der Waals surface area contributed by atoms with E-state index < -0.39 is 0 Å². The van der Waals surface area contributed by atoms with Gasteiger partial charge in [0.25, 0.3) is 0 Å². The summed E-state index contributed by atoms with van der Waals surface area (Å²) in [5.41, 5.74) is 3.25. The third-order valence-corrected chi connectivity index (χ3v) is 3.32. The Bertz CT molecular complexity index is 328. The van der Waals surface area contributed by atoms with Gasteiger partial charge >= 0.3 is 0 Å². The minimum absolute atomic E-state index is 0.397. The molecule has 1 fully saturated rings. The molecule has 0 saturated carbocycles. The van der Waals surface area contributed by atoms with Crippen LogP contribution in [0.25, 0.3) is 0 Å². The van der Waals surface area contributed by atoms with Gasteiger partial charge in [-0.25, -0.2) is 0 Å². The van der Waals surface area contributed by atoms with Crippen molar-refractivity contribution in [1.82, 2.24) is 5.32 Å². The first-order valence-corrected chi connectivity index (χ1v) is 5.37. The van der Waals surface area contributed by atoms with Gasteiger partial charge in [0.15, 0.2) is 0 Å². The number of nitrogens with one attached hydrogen (secondary N) is 1. The maximum Gasteiger partial charge on any atom is 0.00268 e. The molecule has 1 aromatic rings. The van der Waals surface area contributed by atoms with Crippen molar-refractivity contribution in [1.29, 1.82) is 0 Å². The zero-order valence-electron chi connectivity index (χ0n) is 9.30. The fraction of sp³-hybridized carbons (Fsp3) is 0.538. The van der Waals surface area contributed by atoms with E-state index >= 15 is 0 Å². The number of hydrogen-bond donors (Lipinski definition) is 1. The number of rotatable bonds is 1. The minimum Gasteiger partial charge on any atom is -0.316 e. The number of benzene rings is 1. The number of aryl methyl sites for hydroxylation is 1. The van der Waals surface area contributed by atoms with Crippen LogP contribution in [0, 0.1) is 12.3 Å². The molecule has 0 amide bonds. The standard InChI is InChI=1S/C13H19N/c1-10-5-4-6-11(7-10)12-8-14-9-13(12,2)3/h4-7,12,14H,8-9H2,1-3H3. The van der Waals surface area contributed by atoms with Crippen molar-refractivity contribution < 1.29 is 0 Å². The van der Waals surface area contributed by atoms with E-state index in [4.69, 9.17) is 0 Å². The van der Waals surface area contributed by atoms with Crippen LogP contribution >= 0.6 is 0 Å². The molecule has 1 N–H and O–H groups in total. The molecule has 14 heavy (non-hydrogen) atoms. The molecular weight excluding hydrogens is 170 g/mol. The van der Waals surface area contributed by atoms with Gasteiger partial charge in [0.1, 0.15) is 0 Å². The van der Waals surface area contributed by atoms with Crippen LogP contribution in [0.4, 0.5) is 0 Å². The summed E-state index contributed by atoms with van der Waals surface area (Å²) in [7, 11) is 0. The normalized spacial score (nSPS) is 25.2. The van der Waals surface area contributed by atoms with E-state index in [1.165, 1.54) is 11.1 Å². The van der Waals surface area contributed by atoms with Gasteiger partial charge < -0.3 is 5.32 Å². The first-order valence-electron chi connectivity index (χ1n) is 5.37. The molecule has 1 aliphatic rings. The summed E-state index contributed by atoms with van der Waals surface area (Å²) in [4.78, 5) is 0. The second kappa shape index (κ2) is 3.39. The predicted octanol–water partition coefficient (Wildman–Crippen LogP) is 2.71. The van der Waals surface area contributed by atoms with Gasteiger partial charge in [-0.3, -0.25) is 0 Å². The Morgan fingerprint density at radius 2 is 2.14 bits per heavy atom. The topological polar surface area (TPSA) is 12.0 Å². The van der Waals surface area contributed by atoms with Gasteiger partial charge in [-0.15, -0.1) is 0 Å². The molecule has 1 heterocycles. The summed E-state index contributed by atoms with van der Waals surface area (Å²) in [6.45, 7) is 9.11. The largest absolute Gasteiger partial charge is 0.316 e. The summed E-state index contributed by atoms with van der Waals surface area (Å²) < 4.78 is 0. The van der Waals surface area contributed by atoms with Crippen LogP contribution in [-0.4, -0.2) is 13.1 Å². The van der Waals surface area contributed by atoms with Crippen LogP contribution < -0.4 is 5.32 Å². The molecule has 1 unspecified atom stereocenters. The summed E-state index contributed by atoms with van der Waals surface area (Å²) in [5.74, 6) is 0.669. The van der Waals surface area contributed by atoms with Gasteiger partial charge in [0.05, 0.1) is 0 Å². The van der Waals surface area contributed by atoms with E-state index in [1.54, 1.807) is 0 Å². The summed E-state index contributed by atoms with van der Waals surface area (Å²) in [5, 5.41) is 3.48. The van der Waals surface area contributed by atoms with Gasteiger partial charge in [-0.05, 0) is 17.9 Å². The molecule has 1 saturated heterocycles. The molecule has 76 valence electrons. The summed E-state index contributed by atoms with van der Waals surface area (Å²) in [6, 6.07) is 8.91. The highest BCUT2D eigenvalue weighted by atomic mass is 14.9.